The van der Waals surface area contributed by atoms with E-state index in [-0.39, 0.29) is 5.91 Å². The van der Waals surface area contributed by atoms with Crippen LogP contribution in [-0.4, -0.2) is 42.0 Å². The maximum atomic E-state index is 12.1. The molecule has 5 nitrogen and oxygen atoms in total. The van der Waals surface area contributed by atoms with Gasteiger partial charge in [-0.25, -0.2) is 4.99 Å². The van der Waals surface area contributed by atoms with Crippen LogP contribution in [0.2, 0.25) is 0 Å². The SMILES string of the molecule is CCCNC(=O)c1cccc(CN=C(NCC)NCC2(C)CCCS2)c1. The van der Waals surface area contributed by atoms with Crippen LogP contribution in [0.4, 0.5) is 0 Å². The van der Waals surface area contributed by atoms with Gasteiger partial charge in [0.1, 0.15) is 0 Å². The molecular weight excluding hydrogens is 344 g/mol. The van der Waals surface area contributed by atoms with Gasteiger partial charge in [-0.15, -0.1) is 0 Å². The van der Waals surface area contributed by atoms with Gasteiger partial charge in [0.25, 0.3) is 5.91 Å². The maximum absolute atomic E-state index is 12.1. The van der Waals surface area contributed by atoms with Crippen molar-refractivity contribution in [2.75, 3.05) is 25.4 Å². The van der Waals surface area contributed by atoms with Crippen LogP contribution in [0.5, 0.6) is 0 Å². The average Bonchev–Trinajstić information content (AvgIpc) is 3.09. The fourth-order valence-electron chi connectivity index (χ4n) is 2.91. The van der Waals surface area contributed by atoms with Crippen LogP contribution in [0.25, 0.3) is 0 Å². The summed E-state index contributed by atoms with van der Waals surface area (Å²) in [6.07, 6.45) is 3.48. The van der Waals surface area contributed by atoms with Crippen molar-refractivity contribution in [1.29, 1.82) is 0 Å². The third kappa shape index (κ3) is 6.56. The number of thioether (sulfide) groups is 1. The lowest BCUT2D eigenvalue weighted by Crippen LogP contribution is -2.43. The van der Waals surface area contributed by atoms with Crippen LogP contribution in [-0.2, 0) is 6.54 Å². The number of hydrogen-bond acceptors (Lipinski definition) is 3. The Morgan fingerprint density at radius 2 is 2.12 bits per heavy atom. The minimum atomic E-state index is -0.0195. The summed E-state index contributed by atoms with van der Waals surface area (Å²) in [5, 5.41) is 9.70. The average molecular weight is 377 g/mol. The number of nitrogens with one attached hydrogen (secondary N) is 3. The Labute approximate surface area is 161 Å². The number of carbonyl (C=O) groups excluding carboxylic acids is 1. The molecule has 0 aromatic heterocycles. The van der Waals surface area contributed by atoms with Crippen molar-refractivity contribution in [3.05, 3.63) is 35.4 Å². The molecule has 1 aromatic carbocycles. The molecule has 144 valence electrons. The van der Waals surface area contributed by atoms with Gasteiger partial charge >= 0.3 is 0 Å². The molecule has 0 aliphatic carbocycles. The van der Waals surface area contributed by atoms with E-state index < -0.39 is 0 Å². The topological polar surface area (TPSA) is 65.5 Å². The molecule has 1 heterocycles. The van der Waals surface area contributed by atoms with Gasteiger partial charge in [0.2, 0.25) is 0 Å². The maximum Gasteiger partial charge on any atom is 0.251 e. The zero-order chi connectivity index (χ0) is 18.8. The summed E-state index contributed by atoms with van der Waals surface area (Å²) >= 11 is 2.04. The molecule has 1 amide bonds. The predicted octanol–water partition coefficient (Wildman–Crippen LogP) is 3.17. The number of benzene rings is 1. The van der Waals surface area contributed by atoms with Gasteiger partial charge < -0.3 is 16.0 Å². The number of nitrogens with zero attached hydrogens (tertiary/aromatic N) is 1. The Kier molecular flexibility index (Phi) is 8.29. The Balaban J connectivity index is 1.96. The van der Waals surface area contributed by atoms with E-state index >= 15 is 0 Å². The number of guanidine groups is 1. The van der Waals surface area contributed by atoms with Crippen molar-refractivity contribution in [3.63, 3.8) is 0 Å². The van der Waals surface area contributed by atoms with Gasteiger partial charge in [0.15, 0.2) is 5.96 Å². The molecule has 2 rings (SSSR count). The van der Waals surface area contributed by atoms with Crippen molar-refractivity contribution in [2.45, 2.75) is 51.3 Å². The van der Waals surface area contributed by atoms with Crippen LogP contribution in [0.1, 0.15) is 56.0 Å². The first-order valence-corrected chi connectivity index (χ1v) is 10.6. The molecule has 1 fully saturated rings. The normalized spacial score (nSPS) is 20.0. The second kappa shape index (κ2) is 10.5. The Morgan fingerprint density at radius 1 is 1.27 bits per heavy atom. The summed E-state index contributed by atoms with van der Waals surface area (Å²) < 4.78 is 0.299. The van der Waals surface area contributed by atoms with E-state index in [0.29, 0.717) is 23.4 Å². The number of amides is 1. The zero-order valence-corrected chi connectivity index (χ0v) is 17.0. The van der Waals surface area contributed by atoms with Crippen LogP contribution in [0.3, 0.4) is 0 Å². The second-order valence-corrected chi connectivity index (χ2v) is 8.59. The highest BCUT2D eigenvalue weighted by Crippen LogP contribution is 2.36. The lowest BCUT2D eigenvalue weighted by molar-refractivity contribution is 0.0953. The molecule has 0 radical (unpaired) electrons. The summed E-state index contributed by atoms with van der Waals surface area (Å²) in [4.78, 5) is 16.8. The molecule has 1 aromatic rings. The third-order valence-corrected chi connectivity index (χ3v) is 5.96. The molecule has 26 heavy (non-hydrogen) atoms. The highest BCUT2D eigenvalue weighted by Gasteiger charge is 2.29. The fraction of sp³-hybridized carbons (Fsp3) is 0.600. The molecule has 6 heteroatoms. The van der Waals surface area contributed by atoms with Crippen molar-refractivity contribution >= 4 is 23.6 Å². The Hall–Kier alpha value is -1.69. The van der Waals surface area contributed by atoms with E-state index in [2.05, 4.69) is 29.8 Å². The Bertz CT molecular complexity index is 612. The molecule has 1 aliphatic rings. The lowest BCUT2D eigenvalue weighted by Gasteiger charge is -2.24. The summed E-state index contributed by atoms with van der Waals surface area (Å²) in [5.74, 6) is 2.06. The van der Waals surface area contributed by atoms with Gasteiger partial charge in [0, 0.05) is 29.9 Å². The fourth-order valence-corrected chi connectivity index (χ4v) is 4.15. The molecule has 0 spiro atoms. The first kappa shape index (κ1) is 20.6. The van der Waals surface area contributed by atoms with Gasteiger partial charge in [0.05, 0.1) is 6.54 Å². The van der Waals surface area contributed by atoms with Crippen LogP contribution < -0.4 is 16.0 Å². The highest BCUT2D eigenvalue weighted by molar-refractivity contribution is 8.00. The van der Waals surface area contributed by atoms with Crippen LogP contribution in [0, 0.1) is 0 Å². The largest absolute Gasteiger partial charge is 0.357 e. The summed E-state index contributed by atoms with van der Waals surface area (Å²) in [5.41, 5.74) is 1.73. The zero-order valence-electron chi connectivity index (χ0n) is 16.2. The minimum absolute atomic E-state index is 0.0195. The second-order valence-electron chi connectivity index (χ2n) is 6.91. The highest BCUT2D eigenvalue weighted by atomic mass is 32.2. The number of carbonyl (C=O) groups is 1. The molecule has 1 atom stereocenters. The molecule has 0 saturated carbocycles. The number of rotatable bonds is 8. The van der Waals surface area contributed by atoms with Gasteiger partial charge in [-0.1, -0.05) is 19.1 Å². The molecule has 1 saturated heterocycles. The van der Waals surface area contributed by atoms with E-state index in [0.717, 1.165) is 31.0 Å². The first-order valence-electron chi connectivity index (χ1n) is 9.59. The van der Waals surface area contributed by atoms with Crippen LogP contribution in [0.15, 0.2) is 29.3 Å². The van der Waals surface area contributed by atoms with E-state index in [1.54, 1.807) is 0 Å². The smallest absolute Gasteiger partial charge is 0.251 e. The van der Waals surface area contributed by atoms with E-state index in [1.807, 2.05) is 43.0 Å². The van der Waals surface area contributed by atoms with Gasteiger partial charge in [-0.05, 0) is 56.6 Å². The number of aliphatic imine (C=N–C) groups is 1. The van der Waals surface area contributed by atoms with E-state index in [4.69, 9.17) is 4.99 Å². The molecule has 1 unspecified atom stereocenters. The first-order chi connectivity index (χ1) is 12.6. The molecule has 0 bridgehead atoms. The van der Waals surface area contributed by atoms with Crippen molar-refractivity contribution in [2.24, 2.45) is 4.99 Å². The van der Waals surface area contributed by atoms with Gasteiger partial charge in [-0.2, -0.15) is 11.8 Å². The minimum Gasteiger partial charge on any atom is -0.357 e. The van der Waals surface area contributed by atoms with Crippen molar-refractivity contribution in [3.8, 4) is 0 Å². The molecule has 3 N–H and O–H groups in total. The third-order valence-electron chi connectivity index (χ3n) is 4.42. The van der Waals surface area contributed by atoms with Crippen molar-refractivity contribution < 1.29 is 4.79 Å². The van der Waals surface area contributed by atoms with E-state index in [1.165, 1.54) is 18.6 Å². The number of hydrogen-bond donors (Lipinski definition) is 3. The molecular formula is C20H32N4OS. The lowest BCUT2D eigenvalue weighted by atomic mass is 10.1. The van der Waals surface area contributed by atoms with Crippen molar-refractivity contribution in [1.82, 2.24) is 16.0 Å². The monoisotopic (exact) mass is 376 g/mol. The predicted molar refractivity (Wildman–Crippen MR) is 112 cm³/mol. The summed E-state index contributed by atoms with van der Waals surface area (Å²) in [6.45, 7) is 9.44. The standard InChI is InChI=1S/C20H32N4OS/c1-4-11-22-18(25)17-9-6-8-16(13-17)14-23-19(21-5-2)24-15-20(3)10-7-12-26-20/h6,8-9,13H,4-5,7,10-12,14-15H2,1-3H3,(H,22,25)(H2,21,23,24). The summed E-state index contributed by atoms with van der Waals surface area (Å²) in [6, 6.07) is 7.70. The quantitative estimate of drug-likeness (QED) is 0.482. The molecule has 1 aliphatic heterocycles. The Morgan fingerprint density at radius 3 is 2.81 bits per heavy atom. The van der Waals surface area contributed by atoms with E-state index in [9.17, 15) is 4.79 Å². The summed E-state index contributed by atoms with van der Waals surface area (Å²) in [7, 11) is 0. The van der Waals surface area contributed by atoms with Gasteiger partial charge in [-0.3, -0.25) is 4.79 Å². The van der Waals surface area contributed by atoms with Crippen LogP contribution >= 0.6 is 11.8 Å².